The van der Waals surface area contributed by atoms with Crippen LogP contribution in [0.25, 0.3) is 0 Å². The third-order valence-corrected chi connectivity index (χ3v) is 7.04. The first-order valence-corrected chi connectivity index (χ1v) is 10.3. The Bertz CT molecular complexity index is 516. The Morgan fingerprint density at radius 3 is 1.95 bits per heavy atom. The van der Waals surface area contributed by atoms with Crippen LogP contribution in [-0.2, 0) is 23.1 Å². The van der Waals surface area contributed by atoms with E-state index in [1.54, 1.807) is 33.5 Å². The highest BCUT2D eigenvalue weighted by Gasteiger charge is 2.36. The van der Waals surface area contributed by atoms with Gasteiger partial charge in [0.15, 0.2) is 9.84 Å². The minimum Gasteiger partial charge on any atom is -0.494 e. The molecule has 0 radical (unpaired) electrons. The number of rotatable bonds is 9. The molecule has 0 aliphatic carbocycles. The predicted octanol–water partition coefficient (Wildman–Crippen LogP) is 1.74. The van der Waals surface area contributed by atoms with E-state index in [0.29, 0.717) is 18.4 Å². The van der Waals surface area contributed by atoms with Gasteiger partial charge in [0.1, 0.15) is 5.75 Å². The summed E-state index contributed by atoms with van der Waals surface area (Å²) in [5.74, 6) is 0.627. The Kier molecular flexibility index (Phi) is 6.82. The molecule has 21 heavy (non-hydrogen) atoms. The van der Waals surface area contributed by atoms with Gasteiger partial charge in [-0.2, -0.15) is 0 Å². The Morgan fingerprint density at radius 1 is 1.00 bits per heavy atom. The number of hydrogen-bond acceptors (Lipinski definition) is 6. The van der Waals surface area contributed by atoms with Gasteiger partial charge in [-0.3, -0.25) is 0 Å². The second-order valence-electron chi connectivity index (χ2n) is 4.49. The van der Waals surface area contributed by atoms with Gasteiger partial charge in [0.25, 0.3) is 0 Å². The first kappa shape index (κ1) is 18.1. The fraction of sp³-hybridized carbons (Fsp3) is 0.538. The second-order valence-corrected chi connectivity index (χ2v) is 9.60. The average molecular weight is 334 g/mol. The molecule has 1 aromatic rings. The molecule has 0 heterocycles. The standard InChI is InChI=1S/C13H22O6SSi/c1-16-21(17-2,18-3)11-5-10-19-12-6-8-13(9-7-12)20(4,14)15/h6-9H,5,10-11H2,1-4H3. The summed E-state index contributed by atoms with van der Waals surface area (Å²) < 4.78 is 44.2. The van der Waals surface area contributed by atoms with Crippen LogP contribution in [0.15, 0.2) is 29.2 Å². The highest BCUT2D eigenvalue weighted by Crippen LogP contribution is 2.18. The largest absolute Gasteiger partial charge is 0.500 e. The lowest BCUT2D eigenvalue weighted by molar-refractivity contribution is 0.121. The van der Waals surface area contributed by atoms with E-state index < -0.39 is 18.6 Å². The van der Waals surface area contributed by atoms with Gasteiger partial charge in [-0.1, -0.05) is 0 Å². The van der Waals surface area contributed by atoms with E-state index in [4.69, 9.17) is 18.0 Å². The lowest BCUT2D eigenvalue weighted by Crippen LogP contribution is -2.42. The lowest BCUT2D eigenvalue weighted by atomic mass is 10.3. The molecular formula is C13H22O6SSi. The summed E-state index contributed by atoms with van der Waals surface area (Å²) in [5, 5.41) is 0. The van der Waals surface area contributed by atoms with Crippen LogP contribution in [0.2, 0.25) is 6.04 Å². The van der Waals surface area contributed by atoms with Crippen molar-refractivity contribution in [2.24, 2.45) is 0 Å². The van der Waals surface area contributed by atoms with E-state index in [0.717, 1.165) is 6.42 Å². The molecule has 0 aromatic heterocycles. The summed E-state index contributed by atoms with van der Waals surface area (Å²) in [7, 11) is -1.00. The second kappa shape index (κ2) is 7.90. The maximum atomic E-state index is 11.3. The number of hydrogen-bond donors (Lipinski definition) is 0. The molecule has 0 amide bonds. The summed E-state index contributed by atoms with van der Waals surface area (Å²) in [4.78, 5) is 0.277. The van der Waals surface area contributed by atoms with Crippen molar-refractivity contribution >= 4 is 18.6 Å². The molecule has 0 bridgehead atoms. The van der Waals surface area contributed by atoms with Crippen molar-refractivity contribution in [2.45, 2.75) is 17.4 Å². The maximum Gasteiger partial charge on any atom is 0.500 e. The van der Waals surface area contributed by atoms with Crippen LogP contribution in [0.5, 0.6) is 5.75 Å². The summed E-state index contributed by atoms with van der Waals surface area (Å²) >= 11 is 0. The van der Waals surface area contributed by atoms with Gasteiger partial charge in [-0.05, 0) is 30.7 Å². The first-order chi connectivity index (χ1) is 9.87. The number of benzene rings is 1. The average Bonchev–Trinajstić information content (AvgIpc) is 2.48. The van der Waals surface area contributed by atoms with Gasteiger partial charge in [-0.15, -0.1) is 0 Å². The smallest absolute Gasteiger partial charge is 0.494 e. The van der Waals surface area contributed by atoms with Crippen LogP contribution < -0.4 is 4.74 Å². The summed E-state index contributed by atoms with van der Waals surface area (Å²) in [6.07, 6.45) is 1.89. The monoisotopic (exact) mass is 334 g/mol. The summed E-state index contributed by atoms with van der Waals surface area (Å²) in [6.45, 7) is 0.475. The zero-order valence-electron chi connectivity index (χ0n) is 12.8. The molecule has 6 nitrogen and oxygen atoms in total. The van der Waals surface area contributed by atoms with Gasteiger partial charge in [0, 0.05) is 33.6 Å². The van der Waals surface area contributed by atoms with E-state index in [1.165, 1.54) is 18.4 Å². The topological polar surface area (TPSA) is 71.1 Å². The Balaban J connectivity index is 2.46. The van der Waals surface area contributed by atoms with Gasteiger partial charge >= 0.3 is 8.80 Å². The quantitative estimate of drug-likeness (QED) is 0.506. The lowest BCUT2D eigenvalue weighted by Gasteiger charge is -2.24. The molecule has 0 unspecified atom stereocenters. The van der Waals surface area contributed by atoms with Crippen LogP contribution in [0.1, 0.15) is 6.42 Å². The molecule has 0 aliphatic rings. The third kappa shape index (κ3) is 5.40. The fourth-order valence-electron chi connectivity index (χ4n) is 1.82. The van der Waals surface area contributed by atoms with Crippen molar-refractivity contribution in [3.63, 3.8) is 0 Å². The number of ether oxygens (including phenoxy) is 1. The third-order valence-electron chi connectivity index (χ3n) is 3.08. The van der Waals surface area contributed by atoms with Crippen LogP contribution in [0, 0.1) is 0 Å². The van der Waals surface area contributed by atoms with E-state index >= 15 is 0 Å². The van der Waals surface area contributed by atoms with Crippen molar-refractivity contribution < 1.29 is 26.4 Å². The maximum absolute atomic E-state index is 11.3. The number of sulfone groups is 1. The molecule has 0 aliphatic heterocycles. The Labute approximate surface area is 127 Å². The summed E-state index contributed by atoms with van der Waals surface area (Å²) in [6, 6.07) is 7.00. The van der Waals surface area contributed by atoms with Gasteiger partial charge < -0.3 is 18.0 Å². The van der Waals surface area contributed by atoms with Crippen molar-refractivity contribution in [3.05, 3.63) is 24.3 Å². The molecule has 1 aromatic carbocycles. The van der Waals surface area contributed by atoms with E-state index in [2.05, 4.69) is 0 Å². The molecule has 0 spiro atoms. The van der Waals surface area contributed by atoms with Crippen molar-refractivity contribution in [1.29, 1.82) is 0 Å². The molecule has 120 valence electrons. The van der Waals surface area contributed by atoms with Crippen LogP contribution in [0.4, 0.5) is 0 Å². The van der Waals surface area contributed by atoms with E-state index in [-0.39, 0.29) is 4.90 Å². The van der Waals surface area contributed by atoms with Crippen LogP contribution in [-0.4, -0.2) is 51.4 Å². The highest BCUT2D eigenvalue weighted by atomic mass is 32.2. The molecule has 0 N–H and O–H groups in total. The SMILES string of the molecule is CO[Si](CCCOc1ccc(S(C)(=O)=O)cc1)(OC)OC. The van der Waals surface area contributed by atoms with Crippen LogP contribution >= 0.6 is 0 Å². The van der Waals surface area contributed by atoms with Crippen molar-refractivity contribution in [1.82, 2.24) is 0 Å². The summed E-state index contributed by atoms with van der Waals surface area (Å²) in [5.41, 5.74) is 0. The molecule has 0 saturated heterocycles. The minimum absolute atomic E-state index is 0.277. The van der Waals surface area contributed by atoms with E-state index in [1.807, 2.05) is 0 Å². The van der Waals surface area contributed by atoms with E-state index in [9.17, 15) is 8.42 Å². The highest BCUT2D eigenvalue weighted by molar-refractivity contribution is 7.90. The van der Waals surface area contributed by atoms with Gasteiger partial charge in [-0.25, -0.2) is 8.42 Å². The molecular weight excluding hydrogens is 312 g/mol. The van der Waals surface area contributed by atoms with Gasteiger partial charge in [0.05, 0.1) is 11.5 Å². The zero-order chi connectivity index (χ0) is 15.9. The molecule has 0 saturated carbocycles. The van der Waals surface area contributed by atoms with Crippen LogP contribution in [0.3, 0.4) is 0 Å². The van der Waals surface area contributed by atoms with Gasteiger partial charge in [0.2, 0.25) is 0 Å². The predicted molar refractivity (Wildman–Crippen MR) is 81.3 cm³/mol. The Morgan fingerprint density at radius 2 is 1.52 bits per heavy atom. The molecule has 0 atom stereocenters. The van der Waals surface area contributed by atoms with Crippen molar-refractivity contribution in [3.8, 4) is 5.75 Å². The minimum atomic E-state index is -3.17. The molecule has 1 rings (SSSR count). The molecule has 0 fully saturated rings. The molecule has 8 heteroatoms. The zero-order valence-corrected chi connectivity index (χ0v) is 14.6. The van der Waals surface area contributed by atoms with Crippen molar-refractivity contribution in [2.75, 3.05) is 34.2 Å². The Hall–Kier alpha value is -0.933. The first-order valence-electron chi connectivity index (χ1n) is 6.45. The normalized spacial score (nSPS) is 12.4. The fourth-order valence-corrected chi connectivity index (χ4v) is 4.14.